The molecule has 0 fully saturated rings. The molecule has 3 aromatic heterocycles. The first-order chi connectivity index (χ1) is 15.4. The lowest BCUT2D eigenvalue weighted by atomic mass is 10.1. The van der Waals surface area contributed by atoms with E-state index in [9.17, 15) is 9.59 Å². The highest BCUT2D eigenvalue weighted by molar-refractivity contribution is 6.05. The number of nitrogens with zero attached hydrogens (tertiary/aromatic N) is 3. The number of carbonyl (C=O) groups excluding carboxylic acids is 2. The number of esters is 1. The van der Waals surface area contributed by atoms with E-state index in [0.717, 1.165) is 17.0 Å². The van der Waals surface area contributed by atoms with Gasteiger partial charge in [0.15, 0.2) is 6.61 Å². The first-order valence-corrected chi connectivity index (χ1v) is 10.3. The molecule has 4 rings (SSSR count). The predicted molar refractivity (Wildman–Crippen MR) is 118 cm³/mol. The Kier molecular flexibility index (Phi) is 5.77. The van der Waals surface area contributed by atoms with Crippen molar-refractivity contribution < 1.29 is 23.3 Å². The van der Waals surface area contributed by atoms with Crippen LogP contribution in [0.2, 0.25) is 0 Å². The molecule has 0 bridgehead atoms. The van der Waals surface area contributed by atoms with Gasteiger partial charge in [0.1, 0.15) is 11.5 Å². The number of pyridine rings is 1. The number of carbonyl (C=O) groups is 2. The minimum atomic E-state index is -0.653. The summed E-state index contributed by atoms with van der Waals surface area (Å²) in [5, 5.41) is 4.39. The maximum absolute atomic E-state index is 13.0. The molecule has 0 aliphatic heterocycles. The van der Waals surface area contributed by atoms with Gasteiger partial charge in [0.2, 0.25) is 0 Å². The molecule has 3 heterocycles. The van der Waals surface area contributed by atoms with E-state index in [0.29, 0.717) is 29.1 Å². The number of likely N-dealkylation sites (N-methyl/N-ethyl adjacent to an activating group) is 1. The first-order valence-electron chi connectivity index (χ1n) is 10.3. The summed E-state index contributed by atoms with van der Waals surface area (Å²) in [6.07, 6.45) is 0. The monoisotopic (exact) mass is 433 g/mol. The second-order valence-corrected chi connectivity index (χ2v) is 7.38. The van der Waals surface area contributed by atoms with Crippen molar-refractivity contribution in [2.45, 2.75) is 27.7 Å². The highest BCUT2D eigenvalue weighted by Crippen LogP contribution is 2.30. The molecular formula is C24H23N3O5. The van der Waals surface area contributed by atoms with Gasteiger partial charge in [-0.1, -0.05) is 23.4 Å². The molecule has 0 unspecified atom stereocenters. The molecule has 0 aliphatic carbocycles. The SMILES string of the molecule is CCN(C(=O)COC(=O)c1cc(-c2cc(C)oc2C)nc2onc(C)c12)c1ccccc1. The molecule has 164 valence electrons. The lowest BCUT2D eigenvalue weighted by Gasteiger charge is -2.20. The quantitative estimate of drug-likeness (QED) is 0.409. The molecule has 8 nitrogen and oxygen atoms in total. The van der Waals surface area contributed by atoms with Gasteiger partial charge in [-0.2, -0.15) is 0 Å². The van der Waals surface area contributed by atoms with Gasteiger partial charge in [-0.15, -0.1) is 0 Å². The summed E-state index contributed by atoms with van der Waals surface area (Å²) >= 11 is 0. The van der Waals surface area contributed by atoms with Crippen molar-refractivity contribution in [3.05, 3.63) is 65.2 Å². The number of anilines is 1. The molecular weight excluding hydrogens is 410 g/mol. The van der Waals surface area contributed by atoms with Gasteiger partial charge in [0.25, 0.3) is 11.6 Å². The van der Waals surface area contributed by atoms with Crippen LogP contribution in [0.3, 0.4) is 0 Å². The summed E-state index contributed by atoms with van der Waals surface area (Å²) in [6.45, 7) is 7.29. The van der Waals surface area contributed by atoms with E-state index in [4.69, 9.17) is 13.7 Å². The van der Waals surface area contributed by atoms with Crippen molar-refractivity contribution in [2.24, 2.45) is 0 Å². The molecule has 0 radical (unpaired) electrons. The number of aryl methyl sites for hydroxylation is 3. The molecule has 1 aromatic carbocycles. The van der Waals surface area contributed by atoms with Gasteiger partial charge < -0.3 is 18.6 Å². The number of ether oxygens (including phenoxy) is 1. The molecule has 0 atom stereocenters. The number of aromatic nitrogens is 2. The van der Waals surface area contributed by atoms with Crippen LogP contribution in [0.1, 0.15) is 34.5 Å². The van der Waals surface area contributed by atoms with E-state index in [-0.39, 0.29) is 17.2 Å². The Bertz CT molecular complexity index is 1290. The topological polar surface area (TPSA) is 98.7 Å². The van der Waals surface area contributed by atoms with Crippen molar-refractivity contribution >= 4 is 28.7 Å². The van der Waals surface area contributed by atoms with Gasteiger partial charge in [-0.05, 0) is 52.0 Å². The second-order valence-electron chi connectivity index (χ2n) is 7.38. The zero-order valence-electron chi connectivity index (χ0n) is 18.3. The van der Waals surface area contributed by atoms with Crippen LogP contribution in [-0.4, -0.2) is 35.2 Å². The fraction of sp³-hybridized carbons (Fsp3) is 0.250. The molecule has 0 saturated carbocycles. The smallest absolute Gasteiger partial charge is 0.339 e. The zero-order chi connectivity index (χ0) is 22.8. The fourth-order valence-electron chi connectivity index (χ4n) is 3.67. The molecule has 0 aliphatic rings. The van der Waals surface area contributed by atoms with Crippen LogP contribution >= 0.6 is 0 Å². The van der Waals surface area contributed by atoms with Crippen LogP contribution in [-0.2, 0) is 9.53 Å². The number of fused-ring (bicyclic) bond motifs is 1. The number of hydrogen-bond acceptors (Lipinski definition) is 7. The van der Waals surface area contributed by atoms with Crippen molar-refractivity contribution in [1.29, 1.82) is 0 Å². The van der Waals surface area contributed by atoms with Crippen LogP contribution in [0, 0.1) is 20.8 Å². The zero-order valence-corrected chi connectivity index (χ0v) is 18.3. The Morgan fingerprint density at radius 3 is 2.50 bits per heavy atom. The third-order valence-electron chi connectivity index (χ3n) is 5.17. The molecule has 32 heavy (non-hydrogen) atoms. The van der Waals surface area contributed by atoms with E-state index >= 15 is 0 Å². The number of para-hydroxylation sites is 1. The number of rotatable bonds is 6. The summed E-state index contributed by atoms with van der Waals surface area (Å²) in [4.78, 5) is 31.8. The van der Waals surface area contributed by atoms with Crippen LogP contribution in [0.25, 0.3) is 22.4 Å². The molecule has 8 heteroatoms. The van der Waals surface area contributed by atoms with Gasteiger partial charge in [-0.25, -0.2) is 9.78 Å². The normalized spacial score (nSPS) is 11.0. The van der Waals surface area contributed by atoms with Crippen molar-refractivity contribution in [3.63, 3.8) is 0 Å². The fourth-order valence-corrected chi connectivity index (χ4v) is 3.67. The summed E-state index contributed by atoms with van der Waals surface area (Å²) in [7, 11) is 0. The van der Waals surface area contributed by atoms with Crippen LogP contribution in [0.15, 0.2) is 51.4 Å². The van der Waals surface area contributed by atoms with Crippen molar-refractivity contribution in [2.75, 3.05) is 18.1 Å². The second kappa shape index (κ2) is 8.66. The number of furan rings is 1. The summed E-state index contributed by atoms with van der Waals surface area (Å²) in [6, 6.07) is 12.7. The van der Waals surface area contributed by atoms with Gasteiger partial charge in [0, 0.05) is 17.8 Å². The van der Waals surface area contributed by atoms with Gasteiger partial charge in [-0.3, -0.25) is 4.79 Å². The van der Waals surface area contributed by atoms with Crippen LogP contribution < -0.4 is 4.90 Å². The average Bonchev–Trinajstić information content (AvgIpc) is 3.33. The maximum atomic E-state index is 13.0. The first kappa shape index (κ1) is 21.3. The van der Waals surface area contributed by atoms with Crippen molar-refractivity contribution in [1.82, 2.24) is 10.1 Å². The minimum Gasteiger partial charge on any atom is -0.466 e. The molecule has 0 saturated heterocycles. The van der Waals surface area contributed by atoms with Gasteiger partial charge in [0.05, 0.1) is 22.3 Å². The molecule has 0 spiro atoms. The van der Waals surface area contributed by atoms with E-state index in [1.165, 1.54) is 0 Å². The predicted octanol–water partition coefficient (Wildman–Crippen LogP) is 4.62. The lowest BCUT2D eigenvalue weighted by Crippen LogP contribution is -2.34. The maximum Gasteiger partial charge on any atom is 0.339 e. The molecule has 1 amide bonds. The largest absolute Gasteiger partial charge is 0.466 e. The highest BCUT2D eigenvalue weighted by Gasteiger charge is 2.23. The van der Waals surface area contributed by atoms with Gasteiger partial charge >= 0.3 is 5.97 Å². The Morgan fingerprint density at radius 2 is 1.84 bits per heavy atom. The third kappa shape index (κ3) is 3.99. The minimum absolute atomic E-state index is 0.219. The number of benzene rings is 1. The lowest BCUT2D eigenvalue weighted by molar-refractivity contribution is -0.121. The Balaban J connectivity index is 1.62. The Labute approximate surface area is 184 Å². The van der Waals surface area contributed by atoms with E-state index in [1.807, 2.05) is 57.2 Å². The van der Waals surface area contributed by atoms with E-state index in [1.54, 1.807) is 17.9 Å². The summed E-state index contributed by atoms with van der Waals surface area (Å²) in [5.74, 6) is 0.422. The Morgan fingerprint density at radius 1 is 1.09 bits per heavy atom. The highest BCUT2D eigenvalue weighted by atomic mass is 16.5. The summed E-state index contributed by atoms with van der Waals surface area (Å²) in [5.41, 5.74) is 2.95. The van der Waals surface area contributed by atoms with E-state index in [2.05, 4.69) is 10.1 Å². The number of amides is 1. The molecule has 4 aromatic rings. The van der Waals surface area contributed by atoms with Crippen LogP contribution in [0.4, 0.5) is 5.69 Å². The summed E-state index contributed by atoms with van der Waals surface area (Å²) < 4.78 is 16.3. The average molecular weight is 433 g/mol. The Hall–Kier alpha value is -3.94. The van der Waals surface area contributed by atoms with E-state index < -0.39 is 12.6 Å². The van der Waals surface area contributed by atoms with Crippen molar-refractivity contribution in [3.8, 4) is 11.3 Å². The molecule has 0 N–H and O–H groups in total. The third-order valence-corrected chi connectivity index (χ3v) is 5.17. The van der Waals surface area contributed by atoms with Crippen LogP contribution in [0.5, 0.6) is 0 Å². The standard InChI is InChI=1S/C24H23N3O5/c1-5-27(17-9-7-6-8-10-17)21(28)13-30-24(29)19-12-20(18-11-14(2)31-16(18)4)25-23-22(19)15(3)26-32-23/h6-12H,5,13H2,1-4H3. The number of hydrogen-bond donors (Lipinski definition) is 0.